The van der Waals surface area contributed by atoms with Crippen LogP contribution >= 0.6 is 0 Å². The number of aromatic nitrogens is 1. The average molecular weight is 329 g/mol. The maximum Gasteiger partial charge on any atom is 0.408 e. The van der Waals surface area contributed by atoms with Crippen molar-refractivity contribution in [2.24, 2.45) is 7.05 Å². The van der Waals surface area contributed by atoms with E-state index in [1.54, 1.807) is 20.8 Å². The molecule has 0 saturated heterocycles. The zero-order valence-corrected chi connectivity index (χ0v) is 14.5. The minimum atomic E-state index is -0.856. The van der Waals surface area contributed by atoms with Crippen molar-refractivity contribution < 1.29 is 14.3 Å². The van der Waals surface area contributed by atoms with Gasteiger partial charge in [0.05, 0.1) is 0 Å². The maximum absolute atomic E-state index is 12.6. The van der Waals surface area contributed by atoms with Gasteiger partial charge < -0.3 is 19.9 Å². The van der Waals surface area contributed by atoms with E-state index in [0.29, 0.717) is 18.5 Å². The van der Waals surface area contributed by atoms with Gasteiger partial charge in [-0.15, -0.1) is 0 Å². The molecule has 0 spiro atoms. The lowest BCUT2D eigenvalue weighted by atomic mass is 10.2. The molecule has 1 aromatic heterocycles. The summed E-state index contributed by atoms with van der Waals surface area (Å²) in [7, 11) is 1.96. The predicted molar refractivity (Wildman–Crippen MR) is 92.9 cm³/mol. The molecule has 1 fully saturated rings. The molecule has 2 N–H and O–H groups in total. The monoisotopic (exact) mass is 329 g/mol. The first-order valence-electron chi connectivity index (χ1n) is 8.06. The predicted octanol–water partition coefficient (Wildman–Crippen LogP) is 3.17. The smallest absolute Gasteiger partial charge is 0.408 e. The van der Waals surface area contributed by atoms with Crippen LogP contribution in [-0.2, 0) is 16.6 Å². The van der Waals surface area contributed by atoms with Crippen LogP contribution in [0.1, 0.15) is 33.6 Å². The Morgan fingerprint density at radius 1 is 1.21 bits per heavy atom. The Morgan fingerprint density at radius 3 is 2.54 bits per heavy atom. The van der Waals surface area contributed by atoms with Crippen molar-refractivity contribution in [3.05, 3.63) is 30.5 Å². The van der Waals surface area contributed by atoms with Crippen LogP contribution in [0.3, 0.4) is 0 Å². The van der Waals surface area contributed by atoms with Crippen LogP contribution < -0.4 is 10.6 Å². The van der Waals surface area contributed by atoms with Crippen LogP contribution in [0.4, 0.5) is 10.5 Å². The van der Waals surface area contributed by atoms with Gasteiger partial charge in [-0.05, 0) is 57.2 Å². The highest BCUT2D eigenvalue weighted by Gasteiger charge is 2.52. The Kier molecular flexibility index (Phi) is 3.78. The van der Waals surface area contributed by atoms with Crippen molar-refractivity contribution in [1.29, 1.82) is 0 Å². The molecule has 1 aromatic carbocycles. The molecule has 0 atom stereocenters. The second-order valence-corrected chi connectivity index (χ2v) is 7.36. The first-order valence-corrected chi connectivity index (χ1v) is 8.06. The average Bonchev–Trinajstić information content (AvgIpc) is 3.15. The zero-order chi connectivity index (χ0) is 17.5. The topological polar surface area (TPSA) is 72.4 Å². The van der Waals surface area contributed by atoms with Crippen LogP contribution in [-0.4, -0.2) is 27.7 Å². The van der Waals surface area contributed by atoms with Crippen LogP contribution in [0.5, 0.6) is 0 Å². The third kappa shape index (κ3) is 3.37. The van der Waals surface area contributed by atoms with E-state index in [2.05, 4.69) is 10.6 Å². The summed E-state index contributed by atoms with van der Waals surface area (Å²) >= 11 is 0. The van der Waals surface area contributed by atoms with E-state index in [1.807, 2.05) is 42.1 Å². The molecular formula is C18H23N3O3. The summed E-state index contributed by atoms with van der Waals surface area (Å²) in [5.74, 6) is -0.207. The van der Waals surface area contributed by atoms with Crippen LogP contribution in [0.15, 0.2) is 30.5 Å². The molecule has 0 unspecified atom stereocenters. The quantitative estimate of drug-likeness (QED) is 0.908. The van der Waals surface area contributed by atoms with Gasteiger partial charge in [0.2, 0.25) is 5.91 Å². The van der Waals surface area contributed by atoms with Gasteiger partial charge in [0, 0.05) is 24.4 Å². The van der Waals surface area contributed by atoms with E-state index in [9.17, 15) is 9.59 Å². The van der Waals surface area contributed by atoms with E-state index >= 15 is 0 Å². The normalized spacial score (nSPS) is 15.8. The number of rotatable bonds is 3. The van der Waals surface area contributed by atoms with Gasteiger partial charge in [-0.2, -0.15) is 0 Å². The molecule has 0 radical (unpaired) electrons. The molecule has 1 heterocycles. The van der Waals surface area contributed by atoms with Crippen molar-refractivity contribution in [2.75, 3.05) is 5.32 Å². The van der Waals surface area contributed by atoms with Gasteiger partial charge in [0.25, 0.3) is 0 Å². The fourth-order valence-electron chi connectivity index (χ4n) is 2.62. The van der Waals surface area contributed by atoms with Gasteiger partial charge in [-0.3, -0.25) is 4.79 Å². The van der Waals surface area contributed by atoms with Crippen molar-refractivity contribution in [1.82, 2.24) is 9.88 Å². The number of hydrogen-bond donors (Lipinski definition) is 2. The lowest BCUT2D eigenvalue weighted by Gasteiger charge is -2.23. The number of aryl methyl sites for hydroxylation is 1. The Morgan fingerprint density at radius 2 is 1.92 bits per heavy atom. The van der Waals surface area contributed by atoms with Crippen LogP contribution in [0.2, 0.25) is 0 Å². The van der Waals surface area contributed by atoms with Crippen molar-refractivity contribution in [2.45, 2.75) is 44.8 Å². The molecule has 1 saturated carbocycles. The number of hydrogen-bond acceptors (Lipinski definition) is 3. The second-order valence-electron chi connectivity index (χ2n) is 7.36. The highest BCUT2D eigenvalue weighted by Crippen LogP contribution is 2.37. The summed E-state index contributed by atoms with van der Waals surface area (Å²) in [6, 6.07) is 7.78. The van der Waals surface area contributed by atoms with Crippen molar-refractivity contribution in [3.8, 4) is 0 Å². The van der Waals surface area contributed by atoms with Crippen molar-refractivity contribution >= 4 is 28.6 Å². The number of carbonyl (C=O) groups excluding carboxylic acids is 2. The third-order valence-corrected chi connectivity index (χ3v) is 4.07. The van der Waals surface area contributed by atoms with Gasteiger partial charge in [0.15, 0.2) is 0 Å². The zero-order valence-electron chi connectivity index (χ0n) is 14.5. The number of alkyl carbamates (subject to hydrolysis) is 1. The first kappa shape index (κ1) is 16.4. The third-order valence-electron chi connectivity index (χ3n) is 4.07. The van der Waals surface area contributed by atoms with E-state index < -0.39 is 17.2 Å². The SMILES string of the molecule is Cn1ccc2ccc(NC(=O)C3(NC(=O)OC(C)(C)C)CC3)cc21. The standard InChI is InChI=1S/C18H23N3O3/c1-17(2,3)24-16(23)20-18(8-9-18)15(22)19-13-6-5-12-7-10-21(4)14(12)11-13/h5-7,10-11H,8-9H2,1-4H3,(H,19,22)(H,20,23). The molecule has 128 valence electrons. The molecule has 6 heteroatoms. The van der Waals surface area contributed by atoms with Gasteiger partial charge in [0.1, 0.15) is 11.1 Å². The molecule has 6 nitrogen and oxygen atoms in total. The molecule has 3 rings (SSSR count). The molecule has 0 aliphatic heterocycles. The summed E-state index contributed by atoms with van der Waals surface area (Å²) in [6.07, 6.45) is 2.64. The fraction of sp³-hybridized carbons (Fsp3) is 0.444. The summed E-state index contributed by atoms with van der Waals surface area (Å²) in [4.78, 5) is 24.5. The number of benzene rings is 1. The summed E-state index contributed by atoms with van der Waals surface area (Å²) < 4.78 is 7.24. The molecule has 0 bridgehead atoms. The van der Waals surface area contributed by atoms with Crippen molar-refractivity contribution in [3.63, 3.8) is 0 Å². The Hall–Kier alpha value is -2.50. The lowest BCUT2D eigenvalue weighted by molar-refractivity contribution is -0.119. The number of ether oxygens (including phenoxy) is 1. The van der Waals surface area contributed by atoms with E-state index in [-0.39, 0.29) is 5.91 Å². The molecule has 2 amide bonds. The highest BCUT2D eigenvalue weighted by molar-refractivity contribution is 6.03. The number of carbonyl (C=O) groups is 2. The lowest BCUT2D eigenvalue weighted by Crippen LogP contribution is -2.47. The highest BCUT2D eigenvalue weighted by atomic mass is 16.6. The molecule has 1 aliphatic rings. The number of fused-ring (bicyclic) bond motifs is 1. The van der Waals surface area contributed by atoms with E-state index in [0.717, 1.165) is 10.9 Å². The first-order chi connectivity index (χ1) is 11.2. The molecule has 2 aromatic rings. The maximum atomic E-state index is 12.6. The Labute approximate surface area is 141 Å². The molecular weight excluding hydrogens is 306 g/mol. The number of anilines is 1. The van der Waals surface area contributed by atoms with Crippen LogP contribution in [0.25, 0.3) is 10.9 Å². The van der Waals surface area contributed by atoms with E-state index in [4.69, 9.17) is 4.74 Å². The van der Waals surface area contributed by atoms with E-state index in [1.165, 1.54) is 0 Å². The number of nitrogens with one attached hydrogen (secondary N) is 2. The largest absolute Gasteiger partial charge is 0.444 e. The summed E-state index contributed by atoms with van der Waals surface area (Å²) in [5, 5.41) is 6.72. The Bertz CT molecular complexity index is 797. The second kappa shape index (κ2) is 5.54. The minimum absolute atomic E-state index is 0.207. The minimum Gasteiger partial charge on any atom is -0.444 e. The molecule has 1 aliphatic carbocycles. The summed E-state index contributed by atoms with van der Waals surface area (Å²) in [5.41, 5.74) is 0.309. The number of nitrogens with zero attached hydrogens (tertiary/aromatic N) is 1. The molecule has 24 heavy (non-hydrogen) atoms. The number of amides is 2. The summed E-state index contributed by atoms with van der Waals surface area (Å²) in [6.45, 7) is 5.38. The van der Waals surface area contributed by atoms with Gasteiger partial charge in [-0.1, -0.05) is 6.07 Å². The van der Waals surface area contributed by atoms with Gasteiger partial charge in [-0.25, -0.2) is 4.79 Å². The fourth-order valence-corrected chi connectivity index (χ4v) is 2.62. The van der Waals surface area contributed by atoms with Gasteiger partial charge >= 0.3 is 6.09 Å². The Balaban J connectivity index is 1.69. The van der Waals surface area contributed by atoms with Crippen LogP contribution in [0, 0.1) is 0 Å².